The Hall–Kier alpha value is -0.900. The van der Waals surface area contributed by atoms with Gasteiger partial charge >= 0.3 is 0 Å². The van der Waals surface area contributed by atoms with Gasteiger partial charge in [-0.1, -0.05) is 0 Å². The minimum absolute atomic E-state index is 0.0644. The minimum atomic E-state index is -0.0644. The monoisotopic (exact) mass is 113 g/mol. The van der Waals surface area contributed by atoms with Crippen LogP contribution in [0.2, 0.25) is 0 Å². The summed E-state index contributed by atoms with van der Waals surface area (Å²) in [5.41, 5.74) is 8.19. The van der Waals surface area contributed by atoms with E-state index < -0.39 is 0 Å². The fourth-order valence-corrected chi connectivity index (χ4v) is 0.524. The third-order valence-electron chi connectivity index (χ3n) is 0.939. The Morgan fingerprint density at radius 2 is 2.62 bits per heavy atom. The topological polar surface area (TPSA) is 67.5 Å². The van der Waals surface area contributed by atoms with E-state index in [1.807, 2.05) is 0 Å². The number of rotatable bonds is 1. The average Bonchev–Trinajstić information content (AvgIpc) is 2.14. The smallest absolute Gasteiger partial charge is 0.245 e. The summed E-state index contributed by atoms with van der Waals surface area (Å²) in [6, 6.07) is 0. The number of carbonyl (C=O) groups is 1. The normalized spacial score (nSPS) is 18.1. The molecule has 1 heterocycles. The number of nitrogens with zero attached hydrogens (tertiary/aromatic N) is 1. The van der Waals surface area contributed by atoms with Crippen LogP contribution in [0.25, 0.3) is 0 Å². The summed E-state index contributed by atoms with van der Waals surface area (Å²) in [5, 5.41) is 3.63. The largest absolute Gasteiger partial charge is 0.325 e. The zero-order chi connectivity index (χ0) is 5.98. The van der Waals surface area contributed by atoms with Crippen LogP contribution in [0.3, 0.4) is 0 Å². The summed E-state index contributed by atoms with van der Waals surface area (Å²) in [6.45, 7) is 0.374. The molecule has 0 aromatic heterocycles. The lowest BCUT2D eigenvalue weighted by Gasteiger charge is -1.83. The lowest BCUT2D eigenvalue weighted by molar-refractivity contribution is -0.119. The summed E-state index contributed by atoms with van der Waals surface area (Å²) in [6.07, 6.45) is 0.372. The molecule has 0 saturated carbocycles. The molecule has 0 fully saturated rings. The van der Waals surface area contributed by atoms with Crippen LogP contribution >= 0.6 is 0 Å². The first kappa shape index (κ1) is 5.24. The highest BCUT2D eigenvalue weighted by Gasteiger charge is 2.11. The average molecular weight is 113 g/mol. The maximum Gasteiger partial charge on any atom is 0.245 e. The fraction of sp³-hybridized carbons (Fsp3) is 0.500. The van der Waals surface area contributed by atoms with E-state index in [1.165, 1.54) is 0 Å². The number of nitrogens with two attached hydrogens (primary N) is 1. The first-order valence-electron chi connectivity index (χ1n) is 2.37. The van der Waals surface area contributed by atoms with Crippen molar-refractivity contribution in [2.45, 2.75) is 6.42 Å². The predicted octanol–water partition coefficient (Wildman–Crippen LogP) is -1.18. The van der Waals surface area contributed by atoms with Gasteiger partial charge in [0.05, 0.1) is 12.1 Å². The van der Waals surface area contributed by atoms with Crippen LogP contribution in [0.5, 0.6) is 0 Å². The number of nitrogens with one attached hydrogen (secondary N) is 1. The van der Waals surface area contributed by atoms with Crippen molar-refractivity contribution in [2.24, 2.45) is 10.8 Å². The number of hydrazone groups is 1. The van der Waals surface area contributed by atoms with Crippen LogP contribution in [0.1, 0.15) is 6.42 Å². The molecular weight excluding hydrogens is 106 g/mol. The summed E-state index contributed by atoms with van der Waals surface area (Å²) >= 11 is 0. The minimum Gasteiger partial charge on any atom is -0.325 e. The van der Waals surface area contributed by atoms with E-state index in [0.29, 0.717) is 13.0 Å². The maximum atomic E-state index is 10.3. The lowest BCUT2D eigenvalue weighted by atomic mass is 10.3. The molecule has 0 unspecified atom stereocenters. The van der Waals surface area contributed by atoms with E-state index in [0.717, 1.165) is 5.71 Å². The quantitative estimate of drug-likeness (QED) is 0.449. The first-order chi connectivity index (χ1) is 3.83. The molecule has 0 bridgehead atoms. The van der Waals surface area contributed by atoms with E-state index in [9.17, 15) is 4.79 Å². The molecule has 0 aromatic carbocycles. The van der Waals surface area contributed by atoms with Gasteiger partial charge in [-0.3, -0.25) is 4.79 Å². The van der Waals surface area contributed by atoms with Gasteiger partial charge in [0.15, 0.2) is 0 Å². The number of amides is 1. The number of carbonyl (C=O) groups excluding carboxylic acids is 1. The standard InChI is InChI=1S/C4H7N3O/c5-2-3-1-4(8)7-6-3/h1-2,5H2,(H,7,8). The Morgan fingerprint density at radius 1 is 1.88 bits per heavy atom. The second kappa shape index (κ2) is 1.92. The summed E-state index contributed by atoms with van der Waals surface area (Å²) < 4.78 is 0. The molecule has 0 spiro atoms. The van der Waals surface area contributed by atoms with Crippen molar-refractivity contribution >= 4 is 11.6 Å². The van der Waals surface area contributed by atoms with Crippen molar-refractivity contribution in [3.8, 4) is 0 Å². The van der Waals surface area contributed by atoms with Gasteiger partial charge in [0, 0.05) is 6.54 Å². The highest BCUT2D eigenvalue weighted by molar-refractivity contribution is 6.05. The number of hydrogen-bond donors (Lipinski definition) is 2. The van der Waals surface area contributed by atoms with Gasteiger partial charge in [0.1, 0.15) is 0 Å². The molecule has 4 nitrogen and oxygen atoms in total. The van der Waals surface area contributed by atoms with Gasteiger partial charge in [-0.15, -0.1) is 0 Å². The second-order valence-electron chi connectivity index (χ2n) is 1.59. The van der Waals surface area contributed by atoms with Gasteiger partial charge in [-0.25, -0.2) is 5.43 Å². The third-order valence-corrected chi connectivity index (χ3v) is 0.939. The van der Waals surface area contributed by atoms with Gasteiger partial charge in [-0.2, -0.15) is 5.10 Å². The SMILES string of the molecule is NCC1=NNC(=O)C1. The predicted molar refractivity (Wildman–Crippen MR) is 29.2 cm³/mol. The summed E-state index contributed by atoms with van der Waals surface area (Å²) in [4.78, 5) is 10.3. The molecular formula is C4H7N3O. The van der Waals surface area contributed by atoms with Crippen molar-refractivity contribution in [3.63, 3.8) is 0 Å². The molecule has 0 saturated heterocycles. The zero-order valence-electron chi connectivity index (χ0n) is 4.35. The molecule has 3 N–H and O–H groups in total. The van der Waals surface area contributed by atoms with Crippen molar-refractivity contribution in [1.82, 2.24) is 5.43 Å². The molecule has 1 aliphatic heterocycles. The van der Waals surface area contributed by atoms with Gasteiger partial charge < -0.3 is 5.73 Å². The molecule has 1 aliphatic rings. The first-order valence-corrected chi connectivity index (χ1v) is 2.37. The molecule has 0 aromatic rings. The van der Waals surface area contributed by atoms with Gasteiger partial charge in [0.2, 0.25) is 5.91 Å². The van der Waals surface area contributed by atoms with E-state index in [1.54, 1.807) is 0 Å². The Morgan fingerprint density at radius 3 is 2.88 bits per heavy atom. The zero-order valence-corrected chi connectivity index (χ0v) is 4.35. The van der Waals surface area contributed by atoms with E-state index in [-0.39, 0.29) is 5.91 Å². The van der Waals surface area contributed by atoms with Crippen molar-refractivity contribution < 1.29 is 4.79 Å². The van der Waals surface area contributed by atoms with Crippen molar-refractivity contribution in [1.29, 1.82) is 0 Å². The number of hydrogen-bond acceptors (Lipinski definition) is 3. The molecule has 0 aliphatic carbocycles. The van der Waals surface area contributed by atoms with E-state index >= 15 is 0 Å². The Bertz CT molecular complexity index is 140. The van der Waals surface area contributed by atoms with Gasteiger partial charge in [0.25, 0.3) is 0 Å². The maximum absolute atomic E-state index is 10.3. The van der Waals surface area contributed by atoms with Gasteiger partial charge in [-0.05, 0) is 0 Å². The molecule has 1 amide bonds. The van der Waals surface area contributed by atoms with Crippen LogP contribution in [-0.2, 0) is 4.79 Å². The van der Waals surface area contributed by atoms with E-state index in [2.05, 4.69) is 10.5 Å². The molecule has 0 radical (unpaired) electrons. The molecule has 1 rings (SSSR count). The summed E-state index contributed by atoms with van der Waals surface area (Å²) in [7, 11) is 0. The van der Waals surface area contributed by atoms with Crippen LogP contribution < -0.4 is 11.2 Å². The molecule has 0 atom stereocenters. The molecule has 8 heavy (non-hydrogen) atoms. The van der Waals surface area contributed by atoms with Crippen LogP contribution in [0.4, 0.5) is 0 Å². The van der Waals surface area contributed by atoms with Crippen molar-refractivity contribution in [3.05, 3.63) is 0 Å². The highest BCUT2D eigenvalue weighted by Crippen LogP contribution is 1.91. The van der Waals surface area contributed by atoms with Crippen molar-refractivity contribution in [2.75, 3.05) is 6.54 Å². The Kier molecular flexibility index (Phi) is 1.26. The third kappa shape index (κ3) is 0.840. The van der Waals surface area contributed by atoms with Crippen LogP contribution in [0.15, 0.2) is 5.10 Å². The molecule has 44 valence electrons. The highest BCUT2D eigenvalue weighted by atomic mass is 16.2. The second-order valence-corrected chi connectivity index (χ2v) is 1.59. The van der Waals surface area contributed by atoms with Crippen LogP contribution in [-0.4, -0.2) is 18.2 Å². The fourth-order valence-electron chi connectivity index (χ4n) is 0.524. The molecule has 4 heteroatoms. The Labute approximate surface area is 46.7 Å². The Balaban J connectivity index is 2.49. The lowest BCUT2D eigenvalue weighted by Crippen LogP contribution is -2.13. The van der Waals surface area contributed by atoms with E-state index in [4.69, 9.17) is 5.73 Å². The summed E-state index contributed by atoms with van der Waals surface area (Å²) in [5.74, 6) is -0.0644. The van der Waals surface area contributed by atoms with Crippen LogP contribution in [0, 0.1) is 0 Å².